The van der Waals surface area contributed by atoms with Gasteiger partial charge in [0, 0.05) is 19.0 Å². The molecular formula is C21H21FN2O2. The smallest absolute Gasteiger partial charge is 0.256 e. The van der Waals surface area contributed by atoms with Gasteiger partial charge in [0.05, 0.1) is 11.3 Å². The van der Waals surface area contributed by atoms with Gasteiger partial charge >= 0.3 is 0 Å². The van der Waals surface area contributed by atoms with Crippen molar-refractivity contribution in [2.24, 2.45) is 11.8 Å². The van der Waals surface area contributed by atoms with Gasteiger partial charge < -0.3 is 10.2 Å². The third kappa shape index (κ3) is 3.21. The Morgan fingerprint density at radius 1 is 1.15 bits per heavy atom. The second-order valence-electron chi connectivity index (χ2n) is 7.24. The number of amides is 2. The van der Waals surface area contributed by atoms with Gasteiger partial charge in [-0.15, -0.1) is 0 Å². The largest absolute Gasteiger partial charge is 0.334 e. The SMILES string of the molecule is C[C@H]1C[C@@H]1C(=O)Nc1ccc(F)cc1C(=O)N1CCc2ccccc2C1. The Bertz CT molecular complexity index is 880. The lowest BCUT2D eigenvalue weighted by Crippen LogP contribution is -2.36. The van der Waals surface area contributed by atoms with Crippen LogP contribution in [0.15, 0.2) is 42.5 Å². The van der Waals surface area contributed by atoms with Crippen molar-refractivity contribution in [1.82, 2.24) is 4.90 Å². The lowest BCUT2D eigenvalue weighted by atomic mass is 9.99. The molecule has 0 unspecified atom stereocenters. The van der Waals surface area contributed by atoms with E-state index in [2.05, 4.69) is 11.4 Å². The normalized spacial score (nSPS) is 21.1. The van der Waals surface area contributed by atoms with E-state index in [1.807, 2.05) is 25.1 Å². The number of nitrogens with one attached hydrogen (secondary N) is 1. The van der Waals surface area contributed by atoms with Gasteiger partial charge in [-0.05, 0) is 48.1 Å². The number of benzene rings is 2. The quantitative estimate of drug-likeness (QED) is 0.917. The molecule has 0 radical (unpaired) electrons. The van der Waals surface area contributed by atoms with Gasteiger partial charge in [0.25, 0.3) is 5.91 Å². The first-order valence-corrected chi connectivity index (χ1v) is 8.99. The van der Waals surface area contributed by atoms with Crippen molar-refractivity contribution in [3.05, 3.63) is 65.0 Å². The zero-order valence-corrected chi connectivity index (χ0v) is 14.7. The number of anilines is 1. The summed E-state index contributed by atoms with van der Waals surface area (Å²) in [7, 11) is 0. The molecular weight excluding hydrogens is 331 g/mol. The van der Waals surface area contributed by atoms with Gasteiger partial charge in [0.1, 0.15) is 5.82 Å². The second-order valence-corrected chi connectivity index (χ2v) is 7.24. The highest BCUT2D eigenvalue weighted by atomic mass is 19.1. The van der Waals surface area contributed by atoms with E-state index in [1.54, 1.807) is 4.90 Å². The second kappa shape index (κ2) is 6.56. The molecule has 2 atom stereocenters. The standard InChI is InChI=1S/C21H21FN2O2/c1-13-10-17(13)20(25)23-19-7-6-16(22)11-18(19)21(26)24-9-8-14-4-2-3-5-15(14)12-24/h2-7,11,13,17H,8-10,12H2,1H3,(H,23,25)/t13-,17-/m0/s1. The number of nitrogens with zero attached hydrogens (tertiary/aromatic N) is 1. The minimum Gasteiger partial charge on any atom is -0.334 e. The molecule has 0 aromatic heterocycles. The van der Waals surface area contributed by atoms with E-state index < -0.39 is 5.82 Å². The fourth-order valence-corrected chi connectivity index (χ4v) is 3.55. The van der Waals surface area contributed by atoms with E-state index >= 15 is 0 Å². The number of carbonyl (C=O) groups excluding carboxylic acids is 2. The predicted octanol–water partition coefficient (Wildman–Crippen LogP) is 3.62. The molecule has 0 bridgehead atoms. The predicted molar refractivity (Wildman–Crippen MR) is 97.2 cm³/mol. The van der Waals surface area contributed by atoms with E-state index in [0.29, 0.717) is 24.7 Å². The van der Waals surface area contributed by atoms with Gasteiger partial charge in [-0.2, -0.15) is 0 Å². The highest BCUT2D eigenvalue weighted by Gasteiger charge is 2.39. The van der Waals surface area contributed by atoms with Crippen molar-refractivity contribution < 1.29 is 14.0 Å². The zero-order chi connectivity index (χ0) is 18.3. The first kappa shape index (κ1) is 16.8. The van der Waals surface area contributed by atoms with Crippen LogP contribution in [0.3, 0.4) is 0 Å². The summed E-state index contributed by atoms with van der Waals surface area (Å²) in [6.45, 7) is 3.10. The van der Waals surface area contributed by atoms with Crippen LogP contribution in [0.2, 0.25) is 0 Å². The average Bonchev–Trinajstić information content (AvgIpc) is 3.39. The molecule has 5 heteroatoms. The van der Waals surface area contributed by atoms with Crippen molar-refractivity contribution in [2.75, 3.05) is 11.9 Å². The van der Waals surface area contributed by atoms with Crippen LogP contribution in [-0.4, -0.2) is 23.3 Å². The van der Waals surface area contributed by atoms with Crippen LogP contribution >= 0.6 is 0 Å². The fraction of sp³-hybridized carbons (Fsp3) is 0.333. The molecule has 134 valence electrons. The lowest BCUT2D eigenvalue weighted by molar-refractivity contribution is -0.117. The maximum absolute atomic E-state index is 13.8. The van der Waals surface area contributed by atoms with E-state index in [9.17, 15) is 14.0 Å². The summed E-state index contributed by atoms with van der Waals surface area (Å²) >= 11 is 0. The number of hydrogen-bond acceptors (Lipinski definition) is 2. The van der Waals surface area contributed by atoms with Crippen LogP contribution in [0.4, 0.5) is 10.1 Å². The van der Waals surface area contributed by atoms with Crippen LogP contribution in [-0.2, 0) is 17.8 Å². The molecule has 26 heavy (non-hydrogen) atoms. The van der Waals surface area contributed by atoms with Crippen molar-refractivity contribution in [3.8, 4) is 0 Å². The monoisotopic (exact) mass is 352 g/mol. The summed E-state index contributed by atoms with van der Waals surface area (Å²) in [5.74, 6) is -0.470. The Hall–Kier alpha value is -2.69. The van der Waals surface area contributed by atoms with Crippen molar-refractivity contribution in [1.29, 1.82) is 0 Å². The van der Waals surface area contributed by atoms with Gasteiger partial charge in [0.15, 0.2) is 0 Å². The molecule has 2 aromatic rings. The summed E-state index contributed by atoms with van der Waals surface area (Å²) < 4.78 is 13.8. The van der Waals surface area contributed by atoms with Gasteiger partial charge in [0.2, 0.25) is 5.91 Å². The minimum atomic E-state index is -0.483. The Kier molecular flexibility index (Phi) is 4.23. The van der Waals surface area contributed by atoms with Crippen molar-refractivity contribution in [2.45, 2.75) is 26.3 Å². The average molecular weight is 352 g/mol. The summed E-state index contributed by atoms with van der Waals surface area (Å²) in [5, 5.41) is 2.82. The Morgan fingerprint density at radius 3 is 2.62 bits per heavy atom. The van der Waals surface area contributed by atoms with E-state index in [0.717, 1.165) is 18.4 Å². The van der Waals surface area contributed by atoms with Crippen molar-refractivity contribution >= 4 is 17.5 Å². The molecule has 4 nitrogen and oxygen atoms in total. The molecule has 0 saturated heterocycles. The van der Waals surface area contributed by atoms with E-state index in [4.69, 9.17) is 0 Å². The number of halogens is 1. The van der Waals surface area contributed by atoms with Crippen LogP contribution in [0.1, 0.15) is 34.8 Å². The first-order chi connectivity index (χ1) is 12.5. The van der Waals surface area contributed by atoms with Crippen LogP contribution in [0.25, 0.3) is 0 Å². The molecule has 1 saturated carbocycles. The lowest BCUT2D eigenvalue weighted by Gasteiger charge is -2.29. The number of carbonyl (C=O) groups is 2. The zero-order valence-electron chi connectivity index (χ0n) is 14.7. The molecule has 1 fully saturated rings. The summed E-state index contributed by atoms with van der Waals surface area (Å²) in [6, 6.07) is 12.0. The molecule has 1 heterocycles. The number of rotatable bonds is 3. The third-order valence-electron chi connectivity index (χ3n) is 5.33. The Morgan fingerprint density at radius 2 is 1.88 bits per heavy atom. The van der Waals surface area contributed by atoms with E-state index in [-0.39, 0.29) is 23.3 Å². The van der Waals surface area contributed by atoms with Crippen LogP contribution in [0, 0.1) is 17.7 Å². The molecule has 2 amide bonds. The minimum absolute atomic E-state index is 0.00938. The first-order valence-electron chi connectivity index (χ1n) is 8.99. The van der Waals surface area contributed by atoms with Crippen LogP contribution < -0.4 is 5.32 Å². The summed E-state index contributed by atoms with van der Waals surface area (Å²) in [4.78, 5) is 27.0. The molecule has 0 spiro atoms. The third-order valence-corrected chi connectivity index (χ3v) is 5.33. The molecule has 2 aromatic carbocycles. The highest BCUT2D eigenvalue weighted by molar-refractivity contribution is 6.04. The Labute approximate surface area is 152 Å². The maximum atomic E-state index is 13.8. The van der Waals surface area contributed by atoms with Gasteiger partial charge in [-0.25, -0.2) is 4.39 Å². The maximum Gasteiger partial charge on any atom is 0.256 e. The van der Waals surface area contributed by atoms with E-state index in [1.165, 1.54) is 23.8 Å². The fourth-order valence-electron chi connectivity index (χ4n) is 3.55. The number of hydrogen-bond donors (Lipinski definition) is 1. The number of fused-ring (bicyclic) bond motifs is 1. The molecule has 1 N–H and O–H groups in total. The molecule has 1 aliphatic carbocycles. The molecule has 2 aliphatic rings. The summed E-state index contributed by atoms with van der Waals surface area (Å²) in [5.41, 5.74) is 2.96. The topological polar surface area (TPSA) is 49.4 Å². The van der Waals surface area contributed by atoms with Gasteiger partial charge in [-0.1, -0.05) is 31.2 Å². The Balaban J connectivity index is 1.57. The van der Waals surface area contributed by atoms with Crippen molar-refractivity contribution in [3.63, 3.8) is 0 Å². The van der Waals surface area contributed by atoms with Gasteiger partial charge in [-0.3, -0.25) is 9.59 Å². The molecule has 4 rings (SSSR count). The van der Waals surface area contributed by atoms with Crippen LogP contribution in [0.5, 0.6) is 0 Å². The molecule has 1 aliphatic heterocycles. The highest BCUT2D eigenvalue weighted by Crippen LogP contribution is 2.38. The summed E-state index contributed by atoms with van der Waals surface area (Å²) in [6.07, 6.45) is 1.64.